The molecule has 0 aliphatic carbocycles. The number of nitrogens with zero attached hydrogens (tertiary/aromatic N) is 1. The third kappa shape index (κ3) is 4.38. The highest BCUT2D eigenvalue weighted by Crippen LogP contribution is 2.23. The molecule has 0 heterocycles. The van der Waals surface area contributed by atoms with Crippen LogP contribution in [0.5, 0.6) is 0 Å². The van der Waals surface area contributed by atoms with Crippen molar-refractivity contribution in [3.8, 4) is 0 Å². The van der Waals surface area contributed by atoms with Gasteiger partial charge in [-0.15, -0.1) is 0 Å². The van der Waals surface area contributed by atoms with Gasteiger partial charge in [0.1, 0.15) is 0 Å². The summed E-state index contributed by atoms with van der Waals surface area (Å²) in [6.07, 6.45) is -0.717. The molecular formula is C11H15ClN2O3S. The number of hydrogen-bond donors (Lipinski definition) is 4. The highest BCUT2D eigenvalue weighted by Gasteiger charge is 2.07. The second-order valence-corrected chi connectivity index (χ2v) is 5.08. The van der Waals surface area contributed by atoms with Crippen molar-refractivity contribution in [3.05, 3.63) is 34.3 Å². The quantitative estimate of drug-likeness (QED) is 0.271. The van der Waals surface area contributed by atoms with Crippen LogP contribution in [0, 0.1) is 0 Å². The lowest BCUT2D eigenvalue weighted by molar-refractivity contribution is 0.113. The van der Waals surface area contributed by atoms with Crippen molar-refractivity contribution in [3.63, 3.8) is 0 Å². The van der Waals surface area contributed by atoms with Gasteiger partial charge in [-0.2, -0.15) is 11.8 Å². The first kappa shape index (κ1) is 15.1. The minimum atomic E-state index is -0.717. The molecule has 7 heteroatoms. The van der Waals surface area contributed by atoms with Crippen molar-refractivity contribution in [2.75, 3.05) is 12.4 Å². The SMILES string of the molecule is N/C(=N/O)c1ccc(CSCC(O)CO)c(Cl)c1. The van der Waals surface area contributed by atoms with E-state index < -0.39 is 6.10 Å². The number of benzene rings is 1. The van der Waals surface area contributed by atoms with Crippen LogP contribution in [0.2, 0.25) is 5.02 Å². The van der Waals surface area contributed by atoms with Crippen LogP contribution in [0.25, 0.3) is 0 Å². The molecule has 100 valence electrons. The molecule has 0 fully saturated rings. The van der Waals surface area contributed by atoms with E-state index in [0.717, 1.165) is 5.56 Å². The Labute approximate surface area is 114 Å². The predicted octanol–water partition coefficient (Wildman–Crippen LogP) is 1.02. The van der Waals surface area contributed by atoms with Crippen molar-refractivity contribution >= 4 is 29.2 Å². The first-order chi connectivity index (χ1) is 8.58. The summed E-state index contributed by atoms with van der Waals surface area (Å²) in [6.45, 7) is -0.247. The Bertz CT molecular complexity index is 429. The average molecular weight is 291 g/mol. The summed E-state index contributed by atoms with van der Waals surface area (Å²) in [6, 6.07) is 5.11. The van der Waals surface area contributed by atoms with Crippen LogP contribution in [-0.2, 0) is 5.75 Å². The largest absolute Gasteiger partial charge is 0.409 e. The lowest BCUT2D eigenvalue weighted by atomic mass is 10.1. The maximum Gasteiger partial charge on any atom is 0.170 e. The van der Waals surface area contributed by atoms with Crippen molar-refractivity contribution in [2.24, 2.45) is 10.9 Å². The molecule has 1 atom stereocenters. The van der Waals surface area contributed by atoms with Crippen LogP contribution in [0.1, 0.15) is 11.1 Å². The molecule has 0 saturated heterocycles. The smallest absolute Gasteiger partial charge is 0.170 e. The van der Waals surface area contributed by atoms with E-state index in [1.165, 1.54) is 11.8 Å². The number of amidine groups is 1. The number of thioether (sulfide) groups is 1. The van der Waals surface area contributed by atoms with Gasteiger partial charge in [0.15, 0.2) is 5.84 Å². The van der Waals surface area contributed by atoms with Gasteiger partial charge in [0.2, 0.25) is 0 Å². The average Bonchev–Trinajstić information content (AvgIpc) is 2.39. The van der Waals surface area contributed by atoms with Crippen LogP contribution in [-0.4, -0.2) is 39.7 Å². The molecule has 0 aliphatic rings. The Kier molecular flexibility index (Phi) is 6.28. The van der Waals surface area contributed by atoms with E-state index in [9.17, 15) is 5.11 Å². The van der Waals surface area contributed by atoms with Gasteiger partial charge >= 0.3 is 0 Å². The predicted molar refractivity (Wildman–Crippen MR) is 73.2 cm³/mol. The number of aliphatic hydroxyl groups is 2. The molecule has 0 bridgehead atoms. The van der Waals surface area contributed by atoms with E-state index >= 15 is 0 Å². The molecule has 0 spiro atoms. The number of halogens is 1. The molecule has 0 amide bonds. The van der Waals surface area contributed by atoms with Gasteiger partial charge in [-0.25, -0.2) is 0 Å². The normalized spacial score (nSPS) is 13.6. The van der Waals surface area contributed by atoms with E-state index in [1.807, 2.05) is 0 Å². The Balaban J connectivity index is 2.63. The van der Waals surface area contributed by atoms with E-state index in [2.05, 4.69) is 5.16 Å². The highest BCUT2D eigenvalue weighted by molar-refractivity contribution is 7.98. The van der Waals surface area contributed by atoms with Crippen molar-refractivity contribution in [1.29, 1.82) is 0 Å². The maximum atomic E-state index is 9.19. The second kappa shape index (κ2) is 7.48. The summed E-state index contributed by atoms with van der Waals surface area (Å²) in [5.74, 6) is 1.06. The zero-order valence-corrected chi connectivity index (χ0v) is 11.2. The molecule has 1 aromatic carbocycles. The van der Waals surface area contributed by atoms with Crippen molar-refractivity contribution < 1.29 is 15.4 Å². The number of aliphatic hydroxyl groups excluding tert-OH is 2. The molecule has 0 saturated carbocycles. The first-order valence-corrected chi connectivity index (χ1v) is 6.74. The van der Waals surface area contributed by atoms with Gasteiger partial charge in [0.05, 0.1) is 12.7 Å². The third-order valence-corrected chi connectivity index (χ3v) is 3.72. The topological polar surface area (TPSA) is 99.1 Å². The standard InChI is InChI=1S/C11H15ClN2O3S/c12-10-3-7(11(13)14-17)1-2-8(10)5-18-6-9(16)4-15/h1-3,9,15-17H,4-6H2,(H2,13,14). The highest BCUT2D eigenvalue weighted by atomic mass is 35.5. The summed E-state index contributed by atoms with van der Waals surface area (Å²) in [5, 5.41) is 29.8. The maximum absolute atomic E-state index is 9.19. The lowest BCUT2D eigenvalue weighted by Crippen LogP contribution is -2.15. The van der Waals surface area contributed by atoms with Gasteiger partial charge in [-0.05, 0) is 11.6 Å². The van der Waals surface area contributed by atoms with Gasteiger partial charge in [-0.1, -0.05) is 28.9 Å². The number of rotatable bonds is 6. The molecule has 1 aromatic rings. The van der Waals surface area contributed by atoms with Crippen molar-refractivity contribution in [2.45, 2.75) is 11.9 Å². The number of hydrogen-bond acceptors (Lipinski definition) is 5. The molecule has 0 aliphatic heterocycles. The van der Waals surface area contributed by atoms with Crippen LogP contribution < -0.4 is 5.73 Å². The van der Waals surface area contributed by atoms with Gasteiger partial charge in [-0.3, -0.25) is 0 Å². The lowest BCUT2D eigenvalue weighted by Gasteiger charge is -2.08. The van der Waals surface area contributed by atoms with Gasteiger partial charge in [0.25, 0.3) is 0 Å². The number of nitrogens with two attached hydrogens (primary N) is 1. The Morgan fingerprint density at radius 2 is 2.22 bits per heavy atom. The molecule has 18 heavy (non-hydrogen) atoms. The van der Waals surface area contributed by atoms with E-state index in [-0.39, 0.29) is 12.4 Å². The van der Waals surface area contributed by atoms with Crippen LogP contribution in [0.3, 0.4) is 0 Å². The summed E-state index contributed by atoms with van der Waals surface area (Å²) in [7, 11) is 0. The molecule has 1 rings (SSSR count). The fourth-order valence-corrected chi connectivity index (χ4v) is 2.53. The molecule has 0 aromatic heterocycles. The minimum Gasteiger partial charge on any atom is -0.409 e. The van der Waals surface area contributed by atoms with E-state index in [0.29, 0.717) is 22.1 Å². The fraction of sp³-hybridized carbons (Fsp3) is 0.364. The van der Waals surface area contributed by atoms with E-state index in [4.69, 9.17) is 27.6 Å². The Morgan fingerprint density at radius 3 is 2.78 bits per heavy atom. The zero-order chi connectivity index (χ0) is 13.5. The molecule has 5 nitrogen and oxygen atoms in total. The molecule has 1 unspecified atom stereocenters. The van der Waals surface area contributed by atoms with Crippen LogP contribution in [0.15, 0.2) is 23.4 Å². The van der Waals surface area contributed by atoms with Gasteiger partial charge in [0, 0.05) is 22.1 Å². The molecule has 5 N–H and O–H groups in total. The summed E-state index contributed by atoms with van der Waals surface area (Å²) in [5.41, 5.74) is 6.88. The summed E-state index contributed by atoms with van der Waals surface area (Å²) < 4.78 is 0. The van der Waals surface area contributed by atoms with E-state index in [1.54, 1.807) is 18.2 Å². The Hall–Kier alpha value is -0.950. The van der Waals surface area contributed by atoms with Gasteiger partial charge < -0.3 is 21.2 Å². The monoisotopic (exact) mass is 290 g/mol. The zero-order valence-electron chi connectivity index (χ0n) is 9.58. The van der Waals surface area contributed by atoms with Crippen molar-refractivity contribution in [1.82, 2.24) is 0 Å². The van der Waals surface area contributed by atoms with Crippen LogP contribution >= 0.6 is 23.4 Å². The molecule has 0 radical (unpaired) electrons. The first-order valence-electron chi connectivity index (χ1n) is 5.21. The Morgan fingerprint density at radius 1 is 1.50 bits per heavy atom. The fourth-order valence-electron chi connectivity index (χ4n) is 1.24. The minimum absolute atomic E-state index is 0.00630. The third-order valence-electron chi connectivity index (χ3n) is 2.24. The summed E-state index contributed by atoms with van der Waals surface area (Å²) in [4.78, 5) is 0. The van der Waals surface area contributed by atoms with Crippen LogP contribution in [0.4, 0.5) is 0 Å². The summed E-state index contributed by atoms with van der Waals surface area (Å²) >= 11 is 7.53. The molecular weight excluding hydrogens is 276 g/mol. The second-order valence-electron chi connectivity index (χ2n) is 3.64. The number of oxime groups is 1.